The van der Waals surface area contributed by atoms with Gasteiger partial charge in [-0.15, -0.1) is 0 Å². The van der Waals surface area contributed by atoms with Crippen LogP contribution in [0.3, 0.4) is 0 Å². The van der Waals surface area contributed by atoms with Gasteiger partial charge in [-0.05, 0) is 60.1 Å². The fourth-order valence-electron chi connectivity index (χ4n) is 6.55. The quantitative estimate of drug-likeness (QED) is 0.109. The maximum Gasteiger partial charge on any atom is 0.511 e. The number of carboxylic acid groups (broad SMARTS) is 2. The first kappa shape index (κ1) is 28.2. The van der Waals surface area contributed by atoms with Crippen molar-refractivity contribution in [3.8, 4) is 16.9 Å². The van der Waals surface area contributed by atoms with Crippen molar-refractivity contribution in [2.24, 2.45) is 23.7 Å². The molecule has 2 aliphatic carbocycles. The van der Waals surface area contributed by atoms with E-state index in [0.717, 1.165) is 47.2 Å². The topological polar surface area (TPSA) is 131 Å². The normalized spacial score (nSPS) is 20.4. The summed E-state index contributed by atoms with van der Waals surface area (Å²) in [6, 6.07) is 20.5. The molecule has 220 valence electrons. The molecule has 1 heterocycles. The van der Waals surface area contributed by atoms with Crippen molar-refractivity contribution in [2.45, 2.75) is 39.2 Å². The number of para-hydroxylation sites is 1. The summed E-state index contributed by atoms with van der Waals surface area (Å²) in [5.41, 5.74) is 4.88. The van der Waals surface area contributed by atoms with Crippen LogP contribution in [-0.2, 0) is 22.6 Å². The fourth-order valence-corrected chi connectivity index (χ4v) is 6.55. The lowest BCUT2D eigenvalue weighted by molar-refractivity contribution is -0.146. The SMILES string of the molecule is CCCCc1nc2ccc(NC(=O)[C@@H]3C4C=CC(C4)[C@@H]3C(=O)O)cc2n1Cc1ccc(-c2ccccc2OC(=O)O)cc1. The Labute approximate surface area is 248 Å². The largest absolute Gasteiger partial charge is 0.511 e. The zero-order valence-electron chi connectivity index (χ0n) is 23.8. The highest BCUT2D eigenvalue weighted by molar-refractivity contribution is 5.97. The number of fused-ring (bicyclic) bond motifs is 3. The van der Waals surface area contributed by atoms with Gasteiger partial charge >= 0.3 is 12.1 Å². The van der Waals surface area contributed by atoms with Gasteiger partial charge in [0.25, 0.3) is 0 Å². The number of aliphatic carboxylic acids is 1. The molecule has 2 bridgehead atoms. The van der Waals surface area contributed by atoms with Crippen LogP contribution in [0.5, 0.6) is 5.75 Å². The molecule has 9 heteroatoms. The van der Waals surface area contributed by atoms with Gasteiger partial charge in [-0.25, -0.2) is 9.78 Å². The lowest BCUT2D eigenvalue weighted by Gasteiger charge is -2.23. The zero-order chi connectivity index (χ0) is 30.1. The van der Waals surface area contributed by atoms with E-state index in [1.807, 2.05) is 66.7 Å². The van der Waals surface area contributed by atoms with Crippen LogP contribution in [0.1, 0.15) is 37.6 Å². The fraction of sp³-hybridized carbons (Fsp3) is 0.294. The molecule has 3 aromatic carbocycles. The van der Waals surface area contributed by atoms with Crippen molar-refractivity contribution >= 4 is 34.8 Å². The number of carbonyl (C=O) groups excluding carboxylic acids is 1. The monoisotopic (exact) mass is 579 g/mol. The van der Waals surface area contributed by atoms with Crippen LogP contribution in [0.25, 0.3) is 22.2 Å². The van der Waals surface area contributed by atoms with Gasteiger partial charge in [-0.1, -0.05) is 68.0 Å². The second kappa shape index (κ2) is 11.8. The number of benzene rings is 3. The summed E-state index contributed by atoms with van der Waals surface area (Å²) in [6.07, 6.45) is 6.09. The summed E-state index contributed by atoms with van der Waals surface area (Å²) in [5.74, 6) is -1.38. The van der Waals surface area contributed by atoms with E-state index in [1.165, 1.54) is 0 Å². The van der Waals surface area contributed by atoms with Crippen LogP contribution >= 0.6 is 0 Å². The number of nitrogens with zero attached hydrogens (tertiary/aromatic N) is 2. The minimum Gasteiger partial charge on any atom is -0.481 e. The number of ether oxygens (including phenoxy) is 1. The Balaban J connectivity index is 1.27. The highest BCUT2D eigenvalue weighted by Gasteiger charge is 2.51. The predicted molar refractivity (Wildman–Crippen MR) is 162 cm³/mol. The molecule has 0 spiro atoms. The van der Waals surface area contributed by atoms with Crippen LogP contribution in [-0.4, -0.2) is 37.8 Å². The first-order valence-electron chi connectivity index (χ1n) is 14.6. The first-order chi connectivity index (χ1) is 20.8. The highest BCUT2D eigenvalue weighted by atomic mass is 16.7. The van der Waals surface area contributed by atoms with Gasteiger partial charge in [-0.3, -0.25) is 9.59 Å². The standard InChI is InChI=1S/C34H33N3O6/c1-2-3-8-29-36-26-16-15-24(35-32(38)30-22-13-14-23(17-22)31(30)33(39)40)18-27(26)37(29)19-20-9-11-21(12-10-20)25-6-4-5-7-28(25)43-34(41)42/h4-7,9-16,18,22-23,30-31H,2-3,8,17,19H2,1H3,(H,35,38)(H,39,40)(H,41,42)/t22?,23?,30-,31+/m1/s1. The van der Waals surface area contributed by atoms with Crippen LogP contribution < -0.4 is 10.1 Å². The summed E-state index contributed by atoms with van der Waals surface area (Å²) in [5, 5.41) is 21.9. The van der Waals surface area contributed by atoms with E-state index in [-0.39, 0.29) is 23.5 Å². The Hall–Kier alpha value is -4.92. The zero-order valence-corrected chi connectivity index (χ0v) is 23.8. The van der Waals surface area contributed by atoms with Gasteiger partial charge in [0.05, 0.1) is 22.9 Å². The maximum atomic E-state index is 13.3. The first-order valence-corrected chi connectivity index (χ1v) is 14.6. The third kappa shape index (κ3) is 5.62. The molecule has 1 amide bonds. The van der Waals surface area contributed by atoms with Crippen molar-refractivity contribution in [3.63, 3.8) is 0 Å². The Morgan fingerprint density at radius 1 is 0.977 bits per heavy atom. The van der Waals surface area contributed by atoms with Crippen molar-refractivity contribution in [1.29, 1.82) is 0 Å². The predicted octanol–water partition coefficient (Wildman–Crippen LogP) is 6.61. The van der Waals surface area contributed by atoms with Gasteiger partial charge in [0, 0.05) is 24.2 Å². The van der Waals surface area contributed by atoms with E-state index in [4.69, 9.17) is 14.8 Å². The van der Waals surface area contributed by atoms with E-state index in [1.54, 1.807) is 12.1 Å². The minimum atomic E-state index is -1.36. The summed E-state index contributed by atoms with van der Waals surface area (Å²) in [6.45, 7) is 2.69. The molecule has 2 unspecified atom stereocenters. The number of hydrogen-bond donors (Lipinski definition) is 3. The van der Waals surface area contributed by atoms with Gasteiger partial charge in [0.1, 0.15) is 11.6 Å². The number of imidazole rings is 1. The second-order valence-electron chi connectivity index (χ2n) is 11.3. The molecule has 0 saturated heterocycles. The highest BCUT2D eigenvalue weighted by Crippen LogP contribution is 2.48. The second-order valence-corrected chi connectivity index (χ2v) is 11.3. The summed E-state index contributed by atoms with van der Waals surface area (Å²) < 4.78 is 7.13. The number of allylic oxidation sites excluding steroid dienone is 2. The van der Waals surface area contributed by atoms with E-state index >= 15 is 0 Å². The average Bonchev–Trinajstić information content (AvgIpc) is 3.70. The van der Waals surface area contributed by atoms with Gasteiger partial charge < -0.3 is 24.8 Å². The number of hydrogen-bond acceptors (Lipinski definition) is 5. The molecule has 3 N–H and O–H groups in total. The van der Waals surface area contributed by atoms with Crippen molar-refractivity contribution in [3.05, 3.63) is 90.3 Å². The number of aromatic nitrogens is 2. The molecule has 6 rings (SSSR count). The minimum absolute atomic E-state index is 0.0494. The summed E-state index contributed by atoms with van der Waals surface area (Å²) in [4.78, 5) is 41.3. The molecular weight excluding hydrogens is 546 g/mol. The number of nitrogens with one attached hydrogen (secondary N) is 1. The van der Waals surface area contributed by atoms with E-state index in [9.17, 15) is 19.5 Å². The molecular formula is C34H33N3O6. The molecule has 0 radical (unpaired) electrons. The van der Waals surface area contributed by atoms with E-state index in [0.29, 0.717) is 24.2 Å². The molecule has 2 aliphatic rings. The third-order valence-corrected chi connectivity index (χ3v) is 8.59. The van der Waals surface area contributed by atoms with Gasteiger partial charge in [-0.2, -0.15) is 0 Å². The summed E-state index contributed by atoms with van der Waals surface area (Å²) >= 11 is 0. The Morgan fingerprint density at radius 2 is 1.72 bits per heavy atom. The lowest BCUT2D eigenvalue weighted by atomic mass is 9.82. The summed E-state index contributed by atoms with van der Waals surface area (Å²) in [7, 11) is 0. The van der Waals surface area contributed by atoms with Crippen molar-refractivity contribution in [2.75, 3.05) is 5.32 Å². The van der Waals surface area contributed by atoms with E-state index in [2.05, 4.69) is 16.8 Å². The molecule has 1 aromatic heterocycles. The number of unbranched alkanes of at least 4 members (excludes halogenated alkanes) is 1. The number of carboxylic acids is 1. The van der Waals surface area contributed by atoms with E-state index < -0.39 is 24.0 Å². The Bertz CT molecular complexity index is 1720. The maximum absolute atomic E-state index is 13.3. The number of anilines is 1. The Kier molecular flexibility index (Phi) is 7.71. The lowest BCUT2D eigenvalue weighted by Crippen LogP contribution is -2.36. The van der Waals surface area contributed by atoms with Crippen molar-refractivity contribution < 1.29 is 29.3 Å². The van der Waals surface area contributed by atoms with Crippen LogP contribution in [0.15, 0.2) is 78.9 Å². The molecule has 9 nitrogen and oxygen atoms in total. The van der Waals surface area contributed by atoms with Crippen LogP contribution in [0.2, 0.25) is 0 Å². The molecule has 43 heavy (non-hydrogen) atoms. The van der Waals surface area contributed by atoms with Crippen molar-refractivity contribution in [1.82, 2.24) is 9.55 Å². The Morgan fingerprint density at radius 3 is 2.44 bits per heavy atom. The number of carbonyl (C=O) groups is 3. The molecule has 0 aliphatic heterocycles. The van der Waals surface area contributed by atoms with Crippen LogP contribution in [0.4, 0.5) is 10.5 Å². The molecule has 1 fully saturated rings. The van der Waals surface area contributed by atoms with Gasteiger partial charge in [0.2, 0.25) is 5.91 Å². The molecule has 1 saturated carbocycles. The number of rotatable bonds is 10. The number of aryl methyl sites for hydroxylation is 1. The average molecular weight is 580 g/mol. The third-order valence-electron chi connectivity index (χ3n) is 8.59. The smallest absolute Gasteiger partial charge is 0.481 e. The van der Waals surface area contributed by atoms with Gasteiger partial charge in [0.15, 0.2) is 0 Å². The van der Waals surface area contributed by atoms with Crippen LogP contribution in [0, 0.1) is 23.7 Å². The number of amides is 1. The molecule has 4 aromatic rings. The molecule has 4 atom stereocenters.